The largest absolute Gasteiger partial charge is 0.365 e. The molecule has 0 aromatic carbocycles. The summed E-state index contributed by atoms with van der Waals surface area (Å²) < 4.78 is 4.98. The summed E-state index contributed by atoms with van der Waals surface area (Å²) in [6.07, 6.45) is 0. The highest BCUT2D eigenvalue weighted by Crippen LogP contribution is 2.26. The van der Waals surface area contributed by atoms with Crippen LogP contribution >= 0.6 is 9.47 Å². The van der Waals surface area contributed by atoms with Crippen LogP contribution in [0.1, 0.15) is 27.7 Å². The van der Waals surface area contributed by atoms with E-state index in [9.17, 15) is 0 Å². The Morgan fingerprint density at radius 3 is 2.00 bits per heavy atom. The van der Waals surface area contributed by atoms with Gasteiger partial charge in [0.15, 0.2) is 0 Å². The van der Waals surface area contributed by atoms with Crippen molar-refractivity contribution in [1.82, 2.24) is 0 Å². The van der Waals surface area contributed by atoms with Gasteiger partial charge in [-0.25, -0.2) is 0 Å². The summed E-state index contributed by atoms with van der Waals surface area (Å²) in [4.78, 5) is 0. The average molecular weight is 148 g/mol. The minimum Gasteiger partial charge on any atom is -0.365 e. The summed E-state index contributed by atoms with van der Waals surface area (Å²) >= 11 is 0. The van der Waals surface area contributed by atoms with Crippen molar-refractivity contribution in [1.29, 1.82) is 0 Å². The Balaban J connectivity index is 3.70. The van der Waals surface area contributed by atoms with E-state index in [1.165, 1.54) is 0 Å². The van der Waals surface area contributed by atoms with E-state index in [-0.39, 0.29) is 0 Å². The molecule has 0 aliphatic carbocycles. The van der Waals surface area contributed by atoms with E-state index in [1.807, 2.05) is 0 Å². The molecular formula is C7H17OP. The summed E-state index contributed by atoms with van der Waals surface area (Å²) in [6, 6.07) is 0. The molecule has 0 rings (SSSR count). The Morgan fingerprint density at radius 1 is 1.44 bits per heavy atom. The van der Waals surface area contributed by atoms with E-state index >= 15 is 0 Å². The Hall–Kier alpha value is 0.390. The molecule has 0 aromatic heterocycles. The first-order chi connectivity index (χ1) is 4.00. The minimum atomic E-state index is 0.307. The Labute approximate surface area is 60.5 Å². The predicted molar refractivity (Wildman–Crippen MR) is 44.3 cm³/mol. The van der Waals surface area contributed by atoms with Gasteiger partial charge in [0.05, 0.1) is 6.61 Å². The molecule has 1 unspecified atom stereocenters. The normalized spacial score (nSPS) is 12.7. The molecule has 56 valence electrons. The van der Waals surface area contributed by atoms with Gasteiger partial charge in [-0.2, -0.15) is 0 Å². The lowest BCUT2D eigenvalue weighted by atomic mass is 9.82. The molecule has 0 saturated heterocycles. The fourth-order valence-corrected chi connectivity index (χ4v) is 0.811. The van der Waals surface area contributed by atoms with Crippen molar-refractivity contribution < 1.29 is 4.52 Å². The highest BCUT2D eigenvalue weighted by atomic mass is 31.0. The second-order valence-corrected chi connectivity index (χ2v) is 3.79. The maximum Gasteiger partial charge on any atom is 0.0555 e. The molecule has 1 atom stereocenters. The zero-order chi connectivity index (χ0) is 7.49. The van der Waals surface area contributed by atoms with Crippen LogP contribution in [0.3, 0.4) is 0 Å². The average Bonchev–Trinajstić information content (AvgIpc) is 1.65. The lowest BCUT2D eigenvalue weighted by Crippen LogP contribution is -2.23. The molecule has 0 radical (unpaired) electrons. The monoisotopic (exact) mass is 148 g/mol. The second kappa shape index (κ2) is 3.53. The highest BCUT2D eigenvalue weighted by Gasteiger charge is 2.21. The maximum absolute atomic E-state index is 4.98. The number of hydrogen-bond acceptors (Lipinski definition) is 1. The van der Waals surface area contributed by atoms with Crippen LogP contribution in [-0.4, -0.2) is 6.61 Å². The fourth-order valence-electron chi connectivity index (χ4n) is 0.381. The third-order valence-electron chi connectivity index (χ3n) is 2.02. The van der Waals surface area contributed by atoms with Gasteiger partial charge >= 0.3 is 0 Å². The summed E-state index contributed by atoms with van der Waals surface area (Å²) in [5.41, 5.74) is 0.307. The van der Waals surface area contributed by atoms with E-state index < -0.39 is 0 Å². The molecule has 0 spiro atoms. The minimum absolute atomic E-state index is 0.307. The summed E-state index contributed by atoms with van der Waals surface area (Å²) in [7, 11) is 2.29. The quantitative estimate of drug-likeness (QED) is 0.559. The zero-order valence-electron chi connectivity index (χ0n) is 6.77. The van der Waals surface area contributed by atoms with Crippen LogP contribution in [0.4, 0.5) is 0 Å². The SMILES string of the molecule is CC(C)C(C)(C)COP. The van der Waals surface area contributed by atoms with Crippen LogP contribution in [-0.2, 0) is 4.52 Å². The van der Waals surface area contributed by atoms with Gasteiger partial charge in [0.25, 0.3) is 0 Å². The van der Waals surface area contributed by atoms with Gasteiger partial charge < -0.3 is 4.52 Å². The predicted octanol–water partition coefficient (Wildman–Crippen LogP) is 2.48. The maximum atomic E-state index is 4.98. The highest BCUT2D eigenvalue weighted by molar-refractivity contribution is 7.09. The van der Waals surface area contributed by atoms with Crippen LogP contribution in [0.5, 0.6) is 0 Å². The van der Waals surface area contributed by atoms with Crippen LogP contribution < -0.4 is 0 Å². The third-order valence-corrected chi connectivity index (χ3v) is 2.18. The molecule has 0 fully saturated rings. The van der Waals surface area contributed by atoms with Crippen LogP contribution in [0, 0.1) is 11.3 Å². The molecule has 0 heterocycles. The summed E-state index contributed by atoms with van der Waals surface area (Å²) in [5, 5.41) is 0. The Morgan fingerprint density at radius 2 is 1.89 bits per heavy atom. The second-order valence-electron chi connectivity index (χ2n) is 3.45. The van der Waals surface area contributed by atoms with Gasteiger partial charge in [-0.1, -0.05) is 27.7 Å². The van der Waals surface area contributed by atoms with Gasteiger partial charge in [-0.3, -0.25) is 0 Å². The van der Waals surface area contributed by atoms with Gasteiger partial charge in [0, 0.05) is 9.47 Å². The first-order valence-electron chi connectivity index (χ1n) is 3.32. The summed E-state index contributed by atoms with van der Waals surface area (Å²) in [6.45, 7) is 9.66. The van der Waals surface area contributed by atoms with Crippen LogP contribution in [0.15, 0.2) is 0 Å². The molecule has 1 nitrogen and oxygen atoms in total. The molecule has 9 heavy (non-hydrogen) atoms. The van der Waals surface area contributed by atoms with Gasteiger partial charge in [0.1, 0.15) is 0 Å². The molecule has 0 N–H and O–H groups in total. The van der Waals surface area contributed by atoms with Gasteiger partial charge in [-0.15, -0.1) is 0 Å². The van der Waals surface area contributed by atoms with Crippen molar-refractivity contribution in [2.75, 3.05) is 6.61 Å². The van der Waals surface area contributed by atoms with Gasteiger partial charge in [0.2, 0.25) is 0 Å². The zero-order valence-corrected chi connectivity index (χ0v) is 7.92. The van der Waals surface area contributed by atoms with Crippen molar-refractivity contribution in [3.8, 4) is 0 Å². The molecule has 0 aromatic rings. The smallest absolute Gasteiger partial charge is 0.0555 e. The van der Waals surface area contributed by atoms with Crippen molar-refractivity contribution >= 4 is 9.47 Å². The van der Waals surface area contributed by atoms with E-state index in [0.29, 0.717) is 11.3 Å². The molecule has 0 bridgehead atoms. The van der Waals surface area contributed by atoms with E-state index in [1.54, 1.807) is 0 Å². The van der Waals surface area contributed by atoms with Crippen LogP contribution in [0.25, 0.3) is 0 Å². The van der Waals surface area contributed by atoms with E-state index in [4.69, 9.17) is 4.52 Å². The molecule has 0 saturated carbocycles. The first kappa shape index (κ1) is 9.39. The Kier molecular flexibility index (Phi) is 3.68. The Bertz CT molecular complexity index is 79.0. The summed E-state index contributed by atoms with van der Waals surface area (Å²) in [5.74, 6) is 0.679. The molecule has 0 amide bonds. The lowest BCUT2D eigenvalue weighted by Gasteiger charge is -2.27. The molecule has 0 aliphatic heterocycles. The molecule has 0 aliphatic rings. The standard InChI is InChI=1S/C7H17OP/c1-6(2)7(3,4)5-8-9/h6H,5,9H2,1-4H3. The van der Waals surface area contributed by atoms with E-state index in [0.717, 1.165) is 6.61 Å². The van der Waals surface area contributed by atoms with E-state index in [2.05, 4.69) is 37.2 Å². The fraction of sp³-hybridized carbons (Fsp3) is 1.00. The lowest BCUT2D eigenvalue weighted by molar-refractivity contribution is 0.147. The number of hydrogen-bond donors (Lipinski definition) is 0. The topological polar surface area (TPSA) is 9.23 Å². The van der Waals surface area contributed by atoms with Crippen LogP contribution in [0.2, 0.25) is 0 Å². The van der Waals surface area contributed by atoms with Crippen molar-refractivity contribution in [2.45, 2.75) is 27.7 Å². The number of rotatable bonds is 3. The van der Waals surface area contributed by atoms with Crippen molar-refractivity contribution in [3.63, 3.8) is 0 Å². The van der Waals surface area contributed by atoms with Gasteiger partial charge in [-0.05, 0) is 11.3 Å². The van der Waals surface area contributed by atoms with Crippen molar-refractivity contribution in [2.24, 2.45) is 11.3 Å². The molecule has 2 heteroatoms. The third kappa shape index (κ3) is 3.17. The van der Waals surface area contributed by atoms with Crippen molar-refractivity contribution in [3.05, 3.63) is 0 Å². The first-order valence-corrected chi connectivity index (χ1v) is 3.79. The molecular weight excluding hydrogens is 131 g/mol.